The number of hydrogen-bond acceptors (Lipinski definition) is 5. The molecule has 1 N–H and O–H groups in total. The number of nitrogens with zero attached hydrogens (tertiary/aromatic N) is 1. The zero-order valence-corrected chi connectivity index (χ0v) is 16.0. The van der Waals surface area contributed by atoms with Gasteiger partial charge in [0.2, 0.25) is 0 Å². The first kappa shape index (κ1) is 19.5. The van der Waals surface area contributed by atoms with Crippen LogP contribution in [0.25, 0.3) is 0 Å². The highest BCUT2D eigenvalue weighted by molar-refractivity contribution is 6.33. The molecule has 0 aromatic heterocycles. The third kappa shape index (κ3) is 5.11. The second kappa shape index (κ2) is 9.58. The minimum atomic E-state index is -0.543. The van der Waals surface area contributed by atoms with E-state index in [1.165, 1.54) is 0 Å². The summed E-state index contributed by atoms with van der Waals surface area (Å²) in [5.41, 5.74) is 4.92. The highest BCUT2D eigenvalue weighted by atomic mass is 35.5. The largest absolute Gasteiger partial charge is 0.490 e. The molecule has 0 heterocycles. The van der Waals surface area contributed by atoms with Crippen LogP contribution in [-0.2, 0) is 0 Å². The molecule has 0 saturated heterocycles. The second-order valence-electron chi connectivity index (χ2n) is 5.74. The molecule has 3 aromatic carbocycles. The van der Waals surface area contributed by atoms with E-state index in [0.717, 1.165) is 11.3 Å². The number of ether oxygens (including phenoxy) is 2. The van der Waals surface area contributed by atoms with E-state index in [4.69, 9.17) is 21.1 Å². The molecule has 6 heteroatoms. The fraction of sp³-hybridized carbons (Fsp3) is 0.0909. The first-order valence-corrected chi connectivity index (χ1v) is 9.13. The molecule has 0 aliphatic rings. The number of para-hydroxylation sites is 1. The van der Waals surface area contributed by atoms with Gasteiger partial charge in [0, 0.05) is 0 Å². The summed E-state index contributed by atoms with van der Waals surface area (Å²) in [7, 11) is 0. The summed E-state index contributed by atoms with van der Waals surface area (Å²) in [5.74, 6) is 0.227. The Morgan fingerprint density at radius 1 is 1.04 bits per heavy atom. The van der Waals surface area contributed by atoms with Crippen LogP contribution in [0.3, 0.4) is 0 Å². The number of halogens is 1. The molecule has 0 aliphatic carbocycles. The molecule has 0 aliphatic heterocycles. The van der Waals surface area contributed by atoms with Gasteiger partial charge in [-0.3, -0.25) is 5.43 Å². The Balaban J connectivity index is 1.75. The third-order valence-electron chi connectivity index (χ3n) is 3.75. The number of carbonyl (C=O) groups excluding carboxylic acids is 1. The molecular weight excluding hydrogens is 376 g/mol. The van der Waals surface area contributed by atoms with Crippen molar-refractivity contribution < 1.29 is 14.3 Å². The van der Waals surface area contributed by atoms with Crippen molar-refractivity contribution in [1.82, 2.24) is 0 Å². The molecule has 0 atom stereocenters. The van der Waals surface area contributed by atoms with Crippen molar-refractivity contribution in [2.24, 2.45) is 5.10 Å². The van der Waals surface area contributed by atoms with Gasteiger partial charge in [0.15, 0.2) is 11.5 Å². The number of hydrogen-bond donors (Lipinski definition) is 1. The van der Waals surface area contributed by atoms with E-state index in [0.29, 0.717) is 28.7 Å². The maximum atomic E-state index is 12.4. The van der Waals surface area contributed by atoms with E-state index in [1.807, 2.05) is 37.3 Å². The topological polar surface area (TPSA) is 59.9 Å². The molecule has 0 amide bonds. The summed E-state index contributed by atoms with van der Waals surface area (Å²) in [6.07, 6.45) is 1.66. The molecule has 3 aromatic rings. The smallest absolute Gasteiger partial charge is 0.345 e. The number of hydrazone groups is 1. The number of benzene rings is 3. The SMILES string of the molecule is CCOc1cc(C=NNc2ccccc2)ccc1OC(=O)c1ccccc1Cl. The second-order valence-corrected chi connectivity index (χ2v) is 6.15. The number of anilines is 1. The van der Waals surface area contributed by atoms with Crippen LogP contribution in [0, 0.1) is 0 Å². The van der Waals surface area contributed by atoms with Crippen molar-refractivity contribution in [2.75, 3.05) is 12.0 Å². The van der Waals surface area contributed by atoms with Crippen LogP contribution in [0.15, 0.2) is 77.9 Å². The third-order valence-corrected chi connectivity index (χ3v) is 4.07. The van der Waals surface area contributed by atoms with Gasteiger partial charge in [-0.15, -0.1) is 0 Å². The van der Waals surface area contributed by atoms with Gasteiger partial charge in [0.1, 0.15) is 0 Å². The Morgan fingerprint density at radius 3 is 2.54 bits per heavy atom. The van der Waals surface area contributed by atoms with E-state index in [-0.39, 0.29) is 0 Å². The van der Waals surface area contributed by atoms with Crippen LogP contribution >= 0.6 is 11.6 Å². The molecule has 0 spiro atoms. The summed E-state index contributed by atoms with van der Waals surface area (Å²) in [6, 6.07) is 21.6. The predicted molar refractivity (Wildman–Crippen MR) is 112 cm³/mol. The van der Waals surface area contributed by atoms with Gasteiger partial charge in [-0.05, 0) is 55.0 Å². The van der Waals surface area contributed by atoms with Crippen molar-refractivity contribution in [3.8, 4) is 11.5 Å². The van der Waals surface area contributed by atoms with Crippen LogP contribution in [0.5, 0.6) is 11.5 Å². The van der Waals surface area contributed by atoms with Crippen molar-refractivity contribution in [1.29, 1.82) is 0 Å². The van der Waals surface area contributed by atoms with Gasteiger partial charge in [0.25, 0.3) is 0 Å². The monoisotopic (exact) mass is 394 g/mol. The highest BCUT2D eigenvalue weighted by Gasteiger charge is 2.15. The number of rotatable bonds is 7. The van der Waals surface area contributed by atoms with Crippen molar-refractivity contribution in [3.63, 3.8) is 0 Å². The van der Waals surface area contributed by atoms with Crippen LogP contribution in [0.1, 0.15) is 22.8 Å². The summed E-state index contributed by atoms with van der Waals surface area (Å²) < 4.78 is 11.1. The van der Waals surface area contributed by atoms with Gasteiger partial charge in [-0.2, -0.15) is 5.10 Å². The van der Waals surface area contributed by atoms with Gasteiger partial charge < -0.3 is 9.47 Å². The molecule has 5 nitrogen and oxygen atoms in total. The van der Waals surface area contributed by atoms with Crippen LogP contribution in [-0.4, -0.2) is 18.8 Å². The summed E-state index contributed by atoms with van der Waals surface area (Å²) >= 11 is 6.06. The molecule has 0 bridgehead atoms. The maximum Gasteiger partial charge on any atom is 0.345 e. The lowest BCUT2D eigenvalue weighted by Gasteiger charge is -2.12. The Bertz CT molecular complexity index is 975. The van der Waals surface area contributed by atoms with Crippen LogP contribution < -0.4 is 14.9 Å². The lowest BCUT2D eigenvalue weighted by molar-refractivity contribution is 0.0728. The number of esters is 1. The molecule has 0 saturated carbocycles. The Hall–Kier alpha value is -3.31. The lowest BCUT2D eigenvalue weighted by atomic mass is 10.2. The van der Waals surface area contributed by atoms with Gasteiger partial charge in [-0.1, -0.05) is 41.9 Å². The zero-order chi connectivity index (χ0) is 19.8. The van der Waals surface area contributed by atoms with Gasteiger partial charge in [0.05, 0.1) is 29.1 Å². The van der Waals surface area contributed by atoms with Gasteiger partial charge in [-0.25, -0.2) is 4.79 Å². The zero-order valence-electron chi connectivity index (χ0n) is 15.3. The van der Waals surface area contributed by atoms with E-state index >= 15 is 0 Å². The number of nitrogens with one attached hydrogen (secondary N) is 1. The Labute approximate surface area is 168 Å². The summed E-state index contributed by atoms with van der Waals surface area (Å²) in [5, 5.41) is 4.54. The Kier molecular flexibility index (Phi) is 6.65. The molecule has 0 unspecified atom stereocenters. The Morgan fingerprint density at radius 2 is 1.79 bits per heavy atom. The van der Waals surface area contributed by atoms with Crippen LogP contribution in [0.2, 0.25) is 5.02 Å². The minimum Gasteiger partial charge on any atom is -0.490 e. The molecule has 28 heavy (non-hydrogen) atoms. The summed E-state index contributed by atoms with van der Waals surface area (Å²) in [4.78, 5) is 12.4. The molecule has 0 fully saturated rings. The van der Waals surface area contributed by atoms with Crippen molar-refractivity contribution in [2.45, 2.75) is 6.92 Å². The summed E-state index contributed by atoms with van der Waals surface area (Å²) in [6.45, 7) is 2.29. The van der Waals surface area contributed by atoms with Crippen molar-refractivity contribution in [3.05, 3.63) is 88.9 Å². The van der Waals surface area contributed by atoms with Gasteiger partial charge >= 0.3 is 5.97 Å². The minimum absolute atomic E-state index is 0.296. The van der Waals surface area contributed by atoms with E-state index in [1.54, 1.807) is 48.7 Å². The maximum absolute atomic E-state index is 12.4. The quantitative estimate of drug-likeness (QED) is 0.252. The standard InChI is InChI=1S/C22H19ClN2O3/c1-2-27-21-14-16(15-24-25-17-8-4-3-5-9-17)12-13-20(21)28-22(26)18-10-6-7-11-19(18)23/h3-15,25H,2H2,1H3. The fourth-order valence-electron chi connectivity index (χ4n) is 2.43. The average molecular weight is 395 g/mol. The number of carbonyl (C=O) groups is 1. The first-order chi connectivity index (χ1) is 13.7. The lowest BCUT2D eigenvalue weighted by Crippen LogP contribution is -2.10. The molecule has 3 rings (SSSR count). The highest BCUT2D eigenvalue weighted by Crippen LogP contribution is 2.29. The van der Waals surface area contributed by atoms with Crippen molar-refractivity contribution >= 4 is 29.5 Å². The first-order valence-electron chi connectivity index (χ1n) is 8.75. The molecular formula is C22H19ClN2O3. The molecule has 0 radical (unpaired) electrons. The van der Waals surface area contributed by atoms with Crippen LogP contribution in [0.4, 0.5) is 5.69 Å². The van der Waals surface area contributed by atoms with E-state index in [2.05, 4.69) is 10.5 Å². The fourth-order valence-corrected chi connectivity index (χ4v) is 2.65. The van der Waals surface area contributed by atoms with E-state index in [9.17, 15) is 4.79 Å². The normalized spacial score (nSPS) is 10.6. The molecule has 142 valence electrons. The predicted octanol–water partition coefficient (Wildman–Crippen LogP) is 5.40. The van der Waals surface area contributed by atoms with E-state index < -0.39 is 5.97 Å². The average Bonchev–Trinajstić information content (AvgIpc) is 2.71.